The number of methoxy groups -OCH3 is 1. The minimum atomic E-state index is -0.545. The second-order valence-electron chi connectivity index (χ2n) is 6.15. The number of hydrogen-bond acceptors (Lipinski definition) is 4. The van der Waals surface area contributed by atoms with Crippen molar-refractivity contribution in [3.63, 3.8) is 0 Å². The molecule has 3 amide bonds. The van der Waals surface area contributed by atoms with Gasteiger partial charge in [0, 0.05) is 16.8 Å². The van der Waals surface area contributed by atoms with Gasteiger partial charge in [-0.15, -0.1) is 0 Å². The molecule has 30 heavy (non-hydrogen) atoms. The molecule has 0 saturated heterocycles. The number of anilines is 1. The molecule has 0 unspecified atom stereocenters. The number of benzene rings is 3. The molecule has 0 atom stereocenters. The monoisotopic (exact) mass is 423 g/mol. The molecule has 3 aromatic carbocycles. The van der Waals surface area contributed by atoms with E-state index in [1.807, 2.05) is 0 Å². The first kappa shape index (κ1) is 20.9. The molecule has 0 aliphatic rings. The summed E-state index contributed by atoms with van der Waals surface area (Å²) in [5.74, 6) is -0.778. The molecule has 3 rings (SSSR count). The first-order valence-corrected chi connectivity index (χ1v) is 9.26. The van der Waals surface area contributed by atoms with E-state index in [4.69, 9.17) is 16.3 Å². The number of nitrogens with one attached hydrogen (secondary N) is 3. The van der Waals surface area contributed by atoms with Gasteiger partial charge in [0.25, 0.3) is 17.7 Å². The highest BCUT2D eigenvalue weighted by Gasteiger charge is 2.13. The van der Waals surface area contributed by atoms with Crippen LogP contribution in [0.2, 0.25) is 5.02 Å². The van der Waals surface area contributed by atoms with Crippen molar-refractivity contribution in [2.24, 2.45) is 0 Å². The lowest BCUT2D eigenvalue weighted by atomic mass is 10.1. The highest BCUT2D eigenvalue weighted by molar-refractivity contribution is 6.33. The number of rotatable bonds is 5. The molecule has 0 saturated carbocycles. The number of carbonyl (C=O) groups excluding carboxylic acids is 3. The van der Waals surface area contributed by atoms with Crippen LogP contribution in [0.4, 0.5) is 5.69 Å². The molecule has 0 aromatic heterocycles. The van der Waals surface area contributed by atoms with Gasteiger partial charge in [-0.2, -0.15) is 0 Å². The average Bonchev–Trinajstić information content (AvgIpc) is 2.77. The third kappa shape index (κ3) is 5.15. The van der Waals surface area contributed by atoms with E-state index in [0.29, 0.717) is 17.0 Å². The number of amides is 3. The van der Waals surface area contributed by atoms with Gasteiger partial charge in [0.2, 0.25) is 0 Å². The molecule has 7 nitrogen and oxygen atoms in total. The van der Waals surface area contributed by atoms with E-state index < -0.39 is 11.8 Å². The topological polar surface area (TPSA) is 96.5 Å². The molecule has 3 N–H and O–H groups in total. The van der Waals surface area contributed by atoms with Gasteiger partial charge in [0.1, 0.15) is 5.75 Å². The Hall–Kier alpha value is -3.84. The van der Waals surface area contributed by atoms with Gasteiger partial charge < -0.3 is 10.1 Å². The van der Waals surface area contributed by atoms with E-state index >= 15 is 0 Å². The lowest BCUT2D eigenvalue weighted by molar-refractivity contribution is 0.0847. The highest BCUT2D eigenvalue weighted by atomic mass is 35.5. The number of halogens is 1. The summed E-state index contributed by atoms with van der Waals surface area (Å²) < 4.78 is 5.07. The number of hydrazine groups is 1. The van der Waals surface area contributed by atoms with Crippen LogP contribution in [0.5, 0.6) is 5.75 Å². The second-order valence-corrected chi connectivity index (χ2v) is 6.56. The average molecular weight is 424 g/mol. The molecule has 0 heterocycles. The van der Waals surface area contributed by atoms with Gasteiger partial charge in [0.05, 0.1) is 17.7 Å². The van der Waals surface area contributed by atoms with Crippen LogP contribution in [0, 0.1) is 0 Å². The predicted molar refractivity (Wildman–Crippen MR) is 114 cm³/mol. The van der Waals surface area contributed by atoms with Crippen LogP contribution in [0.25, 0.3) is 0 Å². The largest absolute Gasteiger partial charge is 0.497 e. The Morgan fingerprint density at radius 1 is 0.767 bits per heavy atom. The fourth-order valence-electron chi connectivity index (χ4n) is 2.58. The van der Waals surface area contributed by atoms with Crippen molar-refractivity contribution in [3.05, 3.63) is 94.5 Å². The van der Waals surface area contributed by atoms with E-state index in [1.54, 1.807) is 73.8 Å². The van der Waals surface area contributed by atoms with Crippen molar-refractivity contribution in [1.82, 2.24) is 10.9 Å². The maximum atomic E-state index is 12.4. The molecule has 0 fully saturated rings. The van der Waals surface area contributed by atoms with Gasteiger partial charge in [-0.05, 0) is 54.6 Å². The standard InChI is InChI=1S/C22H18ClN3O4/c1-30-17-11-9-14(10-12-17)20(27)24-16-6-4-5-15(13-16)21(28)25-26-22(29)18-7-2-3-8-19(18)23/h2-13H,1H3,(H,24,27)(H,25,28)(H,26,29). The molecule has 0 bridgehead atoms. The molecule has 0 aliphatic carbocycles. The van der Waals surface area contributed by atoms with Crippen LogP contribution in [-0.2, 0) is 0 Å². The fraction of sp³-hybridized carbons (Fsp3) is 0.0455. The Morgan fingerprint density at radius 3 is 2.17 bits per heavy atom. The smallest absolute Gasteiger partial charge is 0.271 e. The van der Waals surface area contributed by atoms with Gasteiger partial charge in [-0.25, -0.2) is 0 Å². The first-order valence-electron chi connectivity index (χ1n) is 8.88. The summed E-state index contributed by atoms with van der Waals surface area (Å²) in [6.07, 6.45) is 0. The quantitative estimate of drug-likeness (QED) is 0.545. The van der Waals surface area contributed by atoms with Gasteiger partial charge in [0.15, 0.2) is 0 Å². The maximum absolute atomic E-state index is 12.4. The molecule has 0 radical (unpaired) electrons. The van der Waals surface area contributed by atoms with Crippen LogP contribution in [-0.4, -0.2) is 24.8 Å². The van der Waals surface area contributed by atoms with Crippen molar-refractivity contribution in [2.45, 2.75) is 0 Å². The van der Waals surface area contributed by atoms with Crippen molar-refractivity contribution in [2.75, 3.05) is 12.4 Å². The summed E-state index contributed by atoms with van der Waals surface area (Å²) in [6, 6.07) is 19.4. The van der Waals surface area contributed by atoms with E-state index in [0.717, 1.165) is 0 Å². The van der Waals surface area contributed by atoms with E-state index in [2.05, 4.69) is 16.2 Å². The Morgan fingerprint density at radius 2 is 1.47 bits per heavy atom. The third-order valence-corrected chi connectivity index (χ3v) is 4.47. The van der Waals surface area contributed by atoms with E-state index in [1.165, 1.54) is 6.07 Å². The summed E-state index contributed by atoms with van der Waals surface area (Å²) >= 11 is 5.97. The molecular weight excluding hydrogens is 406 g/mol. The van der Waals surface area contributed by atoms with E-state index in [-0.39, 0.29) is 22.1 Å². The second kappa shape index (κ2) is 9.58. The van der Waals surface area contributed by atoms with Crippen molar-refractivity contribution in [1.29, 1.82) is 0 Å². The number of hydrogen-bond donors (Lipinski definition) is 3. The zero-order chi connectivity index (χ0) is 21.5. The van der Waals surface area contributed by atoms with Crippen LogP contribution in [0.1, 0.15) is 31.1 Å². The Balaban J connectivity index is 1.62. The minimum Gasteiger partial charge on any atom is -0.497 e. The minimum absolute atomic E-state index is 0.236. The number of carbonyl (C=O) groups is 3. The first-order chi connectivity index (χ1) is 14.5. The van der Waals surface area contributed by atoms with Crippen LogP contribution >= 0.6 is 11.6 Å². The molecular formula is C22H18ClN3O4. The zero-order valence-electron chi connectivity index (χ0n) is 15.9. The van der Waals surface area contributed by atoms with Crippen LogP contribution in [0.15, 0.2) is 72.8 Å². The molecule has 8 heteroatoms. The van der Waals surface area contributed by atoms with Crippen molar-refractivity contribution < 1.29 is 19.1 Å². The summed E-state index contributed by atoms with van der Waals surface area (Å²) in [4.78, 5) is 36.9. The summed E-state index contributed by atoms with van der Waals surface area (Å²) in [7, 11) is 1.54. The summed E-state index contributed by atoms with van der Waals surface area (Å²) in [5, 5.41) is 3.00. The summed E-state index contributed by atoms with van der Waals surface area (Å²) in [6.45, 7) is 0. The van der Waals surface area contributed by atoms with Gasteiger partial charge in [-0.3, -0.25) is 25.2 Å². The van der Waals surface area contributed by atoms with E-state index in [9.17, 15) is 14.4 Å². The van der Waals surface area contributed by atoms with Crippen molar-refractivity contribution >= 4 is 35.0 Å². The summed E-state index contributed by atoms with van der Waals surface area (Å²) in [5.41, 5.74) is 6.00. The van der Waals surface area contributed by atoms with Crippen LogP contribution in [0.3, 0.4) is 0 Å². The molecule has 152 valence electrons. The normalized spacial score (nSPS) is 10.1. The Kier molecular flexibility index (Phi) is 6.67. The lowest BCUT2D eigenvalue weighted by Crippen LogP contribution is -2.41. The van der Waals surface area contributed by atoms with Crippen molar-refractivity contribution in [3.8, 4) is 5.75 Å². The number of ether oxygens (including phenoxy) is 1. The molecule has 0 spiro atoms. The highest BCUT2D eigenvalue weighted by Crippen LogP contribution is 2.16. The third-order valence-electron chi connectivity index (χ3n) is 4.14. The Labute approximate surface area is 178 Å². The fourth-order valence-corrected chi connectivity index (χ4v) is 2.80. The van der Waals surface area contributed by atoms with Crippen LogP contribution < -0.4 is 20.9 Å². The molecule has 3 aromatic rings. The van der Waals surface area contributed by atoms with Gasteiger partial charge in [-0.1, -0.05) is 29.8 Å². The predicted octanol–water partition coefficient (Wildman–Crippen LogP) is 3.68. The van der Waals surface area contributed by atoms with Gasteiger partial charge >= 0.3 is 0 Å². The molecule has 0 aliphatic heterocycles. The SMILES string of the molecule is COc1ccc(C(=O)Nc2cccc(C(=O)NNC(=O)c3ccccc3Cl)c2)cc1. The zero-order valence-corrected chi connectivity index (χ0v) is 16.7. The maximum Gasteiger partial charge on any atom is 0.271 e. The Bertz CT molecular complexity index is 1080. The lowest BCUT2D eigenvalue weighted by Gasteiger charge is -2.10.